The minimum atomic E-state index is -0.0207. The molecule has 168 valence electrons. The molecule has 0 N–H and O–H groups in total. The van der Waals surface area contributed by atoms with E-state index >= 15 is 0 Å². The van der Waals surface area contributed by atoms with Gasteiger partial charge in [0, 0.05) is 47.5 Å². The van der Waals surface area contributed by atoms with Crippen molar-refractivity contribution in [1.82, 2.24) is 9.97 Å². The fourth-order valence-electron chi connectivity index (χ4n) is 4.46. The molecule has 0 saturated carbocycles. The molecule has 1 aromatic heterocycles. The van der Waals surface area contributed by atoms with Gasteiger partial charge in [-0.3, -0.25) is 0 Å². The van der Waals surface area contributed by atoms with E-state index in [1.54, 1.807) is 0 Å². The van der Waals surface area contributed by atoms with E-state index in [1.165, 1.54) is 5.56 Å². The number of ether oxygens (including phenoxy) is 2. The first-order chi connectivity index (χ1) is 15.0. The summed E-state index contributed by atoms with van der Waals surface area (Å²) in [6, 6.07) is 8.64. The van der Waals surface area contributed by atoms with Crippen molar-refractivity contribution in [2.75, 3.05) is 42.6 Å². The third-order valence-electron chi connectivity index (χ3n) is 6.20. The molecule has 0 radical (unpaired) electrons. The molecule has 2 aliphatic heterocycles. The van der Waals surface area contributed by atoms with Crippen LogP contribution in [0.2, 0.25) is 0 Å². The molecule has 2 saturated heterocycles. The highest BCUT2D eigenvalue weighted by atomic mass is 79.9. The number of aromatic nitrogens is 2. The summed E-state index contributed by atoms with van der Waals surface area (Å²) < 4.78 is 12.6. The van der Waals surface area contributed by atoms with E-state index in [9.17, 15) is 0 Å². The maximum atomic E-state index is 5.72. The lowest BCUT2D eigenvalue weighted by atomic mass is 9.96. The van der Waals surface area contributed by atoms with Gasteiger partial charge in [0.25, 0.3) is 0 Å². The molecule has 3 heterocycles. The maximum absolute atomic E-state index is 5.72. The first-order valence-corrected chi connectivity index (χ1v) is 12.2. The van der Waals surface area contributed by atoms with Crippen LogP contribution in [0.4, 0.5) is 17.5 Å². The third-order valence-corrected chi connectivity index (χ3v) is 6.89. The summed E-state index contributed by atoms with van der Waals surface area (Å²) >= 11 is 3.75. The van der Waals surface area contributed by atoms with Gasteiger partial charge in [0.05, 0.1) is 13.2 Å². The zero-order valence-electron chi connectivity index (χ0n) is 19.0. The quantitative estimate of drug-likeness (QED) is 0.540. The zero-order chi connectivity index (χ0) is 22.0. The van der Waals surface area contributed by atoms with Crippen molar-refractivity contribution in [1.29, 1.82) is 0 Å². The highest BCUT2D eigenvalue weighted by Gasteiger charge is 2.31. The van der Waals surface area contributed by atoms with Gasteiger partial charge in [0.1, 0.15) is 5.82 Å². The zero-order valence-corrected chi connectivity index (χ0v) is 20.6. The van der Waals surface area contributed by atoms with Gasteiger partial charge in [0.2, 0.25) is 5.95 Å². The van der Waals surface area contributed by atoms with Gasteiger partial charge in [0.15, 0.2) is 6.29 Å². The molecule has 4 rings (SSSR count). The summed E-state index contributed by atoms with van der Waals surface area (Å²) in [4.78, 5) is 14.3. The Morgan fingerprint density at radius 1 is 1.13 bits per heavy atom. The molecule has 7 heteroatoms. The van der Waals surface area contributed by atoms with Crippen molar-refractivity contribution < 1.29 is 9.47 Å². The molecular weight excluding hydrogens is 456 g/mol. The first-order valence-electron chi connectivity index (χ1n) is 11.4. The van der Waals surface area contributed by atoms with Gasteiger partial charge < -0.3 is 19.3 Å². The molecular formula is C24H33BrN4O2. The molecule has 0 atom stereocenters. The summed E-state index contributed by atoms with van der Waals surface area (Å²) in [6.45, 7) is 12.8. The van der Waals surface area contributed by atoms with Crippen LogP contribution in [0.25, 0.3) is 0 Å². The highest BCUT2D eigenvalue weighted by Crippen LogP contribution is 2.33. The summed E-state index contributed by atoms with van der Waals surface area (Å²) in [5.41, 5.74) is 3.40. The number of hydrogen-bond acceptors (Lipinski definition) is 6. The van der Waals surface area contributed by atoms with E-state index in [1.807, 2.05) is 6.92 Å². The molecule has 2 fully saturated rings. The molecule has 31 heavy (non-hydrogen) atoms. The van der Waals surface area contributed by atoms with E-state index in [4.69, 9.17) is 19.4 Å². The number of hydrogen-bond donors (Lipinski definition) is 0. The van der Waals surface area contributed by atoms with E-state index < -0.39 is 0 Å². The van der Waals surface area contributed by atoms with Crippen LogP contribution in [0, 0.1) is 12.8 Å². The van der Waals surface area contributed by atoms with Crippen molar-refractivity contribution >= 4 is 33.4 Å². The molecule has 1 aromatic carbocycles. The smallest absolute Gasteiger partial charge is 0.232 e. The standard InChI is InChI=1S/C24H33BrN4O2/c1-5-29(19-6-7-20(16(2)3)21(25)15-19)24-26-17(4)14-22(27-24)28-10-8-18(9-11-28)23-30-12-13-31-23/h6-7,14-16,18,23H,5,8-13H2,1-4H3. The largest absolute Gasteiger partial charge is 0.356 e. The molecule has 0 amide bonds. The van der Waals surface area contributed by atoms with Crippen molar-refractivity contribution in [3.63, 3.8) is 0 Å². The minimum absolute atomic E-state index is 0.0207. The second-order valence-corrected chi connectivity index (χ2v) is 9.56. The van der Waals surface area contributed by atoms with Gasteiger partial charge in [-0.2, -0.15) is 4.98 Å². The Morgan fingerprint density at radius 3 is 2.45 bits per heavy atom. The van der Waals surface area contributed by atoms with Crippen LogP contribution < -0.4 is 9.80 Å². The highest BCUT2D eigenvalue weighted by molar-refractivity contribution is 9.10. The molecule has 0 aliphatic carbocycles. The van der Waals surface area contributed by atoms with Crippen LogP contribution in [-0.4, -0.2) is 49.1 Å². The SMILES string of the molecule is CCN(c1ccc(C(C)C)c(Br)c1)c1nc(C)cc(N2CCC(C3OCCO3)CC2)n1. The summed E-state index contributed by atoms with van der Waals surface area (Å²) in [5, 5.41) is 0. The molecule has 0 bridgehead atoms. The average molecular weight is 489 g/mol. The predicted octanol–water partition coefficient (Wildman–Crippen LogP) is 5.42. The van der Waals surface area contributed by atoms with Gasteiger partial charge in [-0.1, -0.05) is 35.8 Å². The molecule has 2 aromatic rings. The lowest BCUT2D eigenvalue weighted by Crippen LogP contribution is -2.38. The van der Waals surface area contributed by atoms with Crippen molar-refractivity contribution in [2.24, 2.45) is 5.92 Å². The Labute approximate surface area is 194 Å². The molecule has 0 spiro atoms. The number of benzene rings is 1. The Hall–Kier alpha value is -1.70. The second kappa shape index (κ2) is 9.84. The van der Waals surface area contributed by atoms with Crippen LogP contribution in [0.5, 0.6) is 0 Å². The summed E-state index contributed by atoms with van der Waals surface area (Å²) in [7, 11) is 0. The third kappa shape index (κ3) is 5.04. The fraction of sp³-hybridized carbons (Fsp3) is 0.583. The number of rotatable bonds is 6. The van der Waals surface area contributed by atoms with Gasteiger partial charge >= 0.3 is 0 Å². The van der Waals surface area contributed by atoms with Crippen molar-refractivity contribution in [3.8, 4) is 0 Å². The maximum Gasteiger partial charge on any atom is 0.232 e. The average Bonchev–Trinajstić information content (AvgIpc) is 3.29. The Balaban J connectivity index is 1.53. The van der Waals surface area contributed by atoms with E-state index in [0.29, 0.717) is 11.8 Å². The predicted molar refractivity (Wildman–Crippen MR) is 128 cm³/mol. The lowest BCUT2D eigenvalue weighted by molar-refractivity contribution is -0.0889. The molecule has 2 aliphatic rings. The normalized spacial score (nSPS) is 18.2. The van der Waals surface area contributed by atoms with Crippen LogP contribution in [0.15, 0.2) is 28.7 Å². The van der Waals surface area contributed by atoms with Crippen molar-refractivity contribution in [2.45, 2.75) is 52.7 Å². The Morgan fingerprint density at radius 2 is 1.84 bits per heavy atom. The number of aryl methyl sites for hydroxylation is 1. The van der Waals surface area contributed by atoms with E-state index in [0.717, 1.165) is 73.3 Å². The fourth-order valence-corrected chi connectivity index (χ4v) is 5.28. The summed E-state index contributed by atoms with van der Waals surface area (Å²) in [5.74, 6) is 2.71. The second-order valence-electron chi connectivity index (χ2n) is 8.71. The topological polar surface area (TPSA) is 50.7 Å². The monoisotopic (exact) mass is 488 g/mol. The van der Waals surface area contributed by atoms with E-state index in [-0.39, 0.29) is 6.29 Å². The van der Waals surface area contributed by atoms with Crippen LogP contribution >= 0.6 is 15.9 Å². The lowest BCUT2D eigenvalue weighted by Gasteiger charge is -2.35. The number of halogens is 1. The number of nitrogens with zero attached hydrogens (tertiary/aromatic N) is 4. The Bertz CT molecular complexity index is 893. The number of anilines is 3. The van der Waals surface area contributed by atoms with Gasteiger partial charge in [-0.15, -0.1) is 0 Å². The van der Waals surface area contributed by atoms with Crippen LogP contribution in [0.3, 0.4) is 0 Å². The Kier molecular flexibility index (Phi) is 7.14. The number of piperidine rings is 1. The van der Waals surface area contributed by atoms with E-state index in [2.05, 4.69) is 70.8 Å². The molecule has 6 nitrogen and oxygen atoms in total. The summed E-state index contributed by atoms with van der Waals surface area (Å²) in [6.07, 6.45) is 2.10. The minimum Gasteiger partial charge on any atom is -0.356 e. The van der Waals surface area contributed by atoms with Gasteiger partial charge in [-0.25, -0.2) is 4.98 Å². The van der Waals surface area contributed by atoms with Crippen molar-refractivity contribution in [3.05, 3.63) is 40.0 Å². The van der Waals surface area contributed by atoms with Crippen LogP contribution in [0.1, 0.15) is 50.8 Å². The van der Waals surface area contributed by atoms with Gasteiger partial charge in [-0.05, 0) is 50.3 Å². The molecule has 0 unspecified atom stereocenters. The van der Waals surface area contributed by atoms with Crippen LogP contribution in [-0.2, 0) is 9.47 Å². The first kappa shape index (κ1) is 22.5.